The smallest absolute Gasteiger partial charge is 0.0828 e. The second kappa shape index (κ2) is 6.15. The van der Waals surface area contributed by atoms with E-state index in [1.54, 1.807) is 0 Å². The zero-order valence-corrected chi connectivity index (χ0v) is 9.79. The Morgan fingerprint density at radius 1 is 1.12 bits per heavy atom. The van der Waals surface area contributed by atoms with Gasteiger partial charge in [-0.1, -0.05) is 35.5 Å². The van der Waals surface area contributed by atoms with E-state index in [0.29, 0.717) is 0 Å². The molecule has 0 spiro atoms. The van der Waals surface area contributed by atoms with Crippen molar-refractivity contribution < 1.29 is 5.11 Å². The van der Waals surface area contributed by atoms with E-state index in [4.69, 9.17) is 5.11 Å². The summed E-state index contributed by atoms with van der Waals surface area (Å²) < 4.78 is 1.86. The monoisotopic (exact) mass is 231 g/mol. The zero-order valence-electron chi connectivity index (χ0n) is 9.79. The van der Waals surface area contributed by atoms with Crippen molar-refractivity contribution >= 4 is 0 Å². The number of nitrogens with zero attached hydrogens (tertiary/aromatic N) is 3. The van der Waals surface area contributed by atoms with E-state index in [9.17, 15) is 0 Å². The minimum Gasteiger partial charge on any atom is -0.396 e. The van der Waals surface area contributed by atoms with Crippen LogP contribution in [-0.4, -0.2) is 26.7 Å². The van der Waals surface area contributed by atoms with Crippen molar-refractivity contribution in [3.63, 3.8) is 0 Å². The molecule has 1 aromatic heterocycles. The molecule has 0 aliphatic rings. The van der Waals surface area contributed by atoms with Crippen LogP contribution in [0.25, 0.3) is 0 Å². The van der Waals surface area contributed by atoms with Crippen LogP contribution in [0.4, 0.5) is 0 Å². The minimum absolute atomic E-state index is 0.205. The maximum atomic E-state index is 8.73. The number of hydrogen-bond donors (Lipinski definition) is 1. The molecule has 90 valence electrons. The maximum Gasteiger partial charge on any atom is 0.0828 e. The molecule has 4 heteroatoms. The van der Waals surface area contributed by atoms with E-state index < -0.39 is 0 Å². The van der Waals surface area contributed by atoms with Gasteiger partial charge in [0.2, 0.25) is 0 Å². The third kappa shape index (κ3) is 3.67. The molecule has 17 heavy (non-hydrogen) atoms. The summed E-state index contributed by atoms with van der Waals surface area (Å²) in [5, 5.41) is 16.9. The fourth-order valence-electron chi connectivity index (χ4n) is 1.71. The van der Waals surface area contributed by atoms with Crippen LogP contribution in [0.2, 0.25) is 0 Å². The highest BCUT2D eigenvalue weighted by Crippen LogP contribution is 2.02. The van der Waals surface area contributed by atoms with E-state index in [-0.39, 0.29) is 6.61 Å². The van der Waals surface area contributed by atoms with Crippen molar-refractivity contribution in [1.82, 2.24) is 15.0 Å². The van der Waals surface area contributed by atoms with Crippen LogP contribution in [0.15, 0.2) is 36.5 Å². The van der Waals surface area contributed by atoms with Crippen LogP contribution in [0.5, 0.6) is 0 Å². The summed E-state index contributed by atoms with van der Waals surface area (Å²) in [5.41, 5.74) is 2.26. The normalized spacial score (nSPS) is 10.6. The second-order valence-corrected chi connectivity index (χ2v) is 4.04. The largest absolute Gasteiger partial charge is 0.396 e. The summed E-state index contributed by atoms with van der Waals surface area (Å²) >= 11 is 0. The summed E-state index contributed by atoms with van der Waals surface area (Å²) in [6.45, 7) is 1.05. The quantitative estimate of drug-likeness (QED) is 0.818. The van der Waals surface area contributed by atoms with Crippen LogP contribution >= 0.6 is 0 Å². The van der Waals surface area contributed by atoms with E-state index in [0.717, 1.165) is 31.5 Å². The van der Waals surface area contributed by atoms with Crippen molar-refractivity contribution in [2.24, 2.45) is 0 Å². The lowest BCUT2D eigenvalue weighted by atomic mass is 10.1. The van der Waals surface area contributed by atoms with Gasteiger partial charge in [-0.25, -0.2) is 0 Å². The average molecular weight is 231 g/mol. The van der Waals surface area contributed by atoms with E-state index in [1.807, 2.05) is 29.1 Å². The third-order valence-electron chi connectivity index (χ3n) is 2.65. The molecule has 0 bridgehead atoms. The minimum atomic E-state index is 0.205. The molecule has 1 aromatic carbocycles. The maximum absolute atomic E-state index is 8.73. The molecule has 0 saturated carbocycles. The molecule has 0 saturated heterocycles. The molecule has 0 radical (unpaired) electrons. The number of aryl methyl sites for hydroxylation is 3. The molecular formula is C13H17N3O. The van der Waals surface area contributed by atoms with Crippen molar-refractivity contribution in [1.29, 1.82) is 0 Å². The first-order valence-corrected chi connectivity index (χ1v) is 5.92. The van der Waals surface area contributed by atoms with Gasteiger partial charge in [0.25, 0.3) is 0 Å². The lowest BCUT2D eigenvalue weighted by Gasteiger charge is -2.00. The van der Waals surface area contributed by atoms with Gasteiger partial charge < -0.3 is 5.11 Å². The number of aromatic nitrogens is 3. The second-order valence-electron chi connectivity index (χ2n) is 4.04. The van der Waals surface area contributed by atoms with Crippen molar-refractivity contribution in [2.75, 3.05) is 6.61 Å². The SMILES string of the molecule is OCCCc1cn(CCc2ccccc2)nn1. The van der Waals surface area contributed by atoms with Crippen LogP contribution in [0.3, 0.4) is 0 Å². The third-order valence-corrected chi connectivity index (χ3v) is 2.65. The van der Waals surface area contributed by atoms with Gasteiger partial charge in [-0.3, -0.25) is 4.68 Å². The number of benzene rings is 1. The molecule has 1 N–H and O–H groups in total. The van der Waals surface area contributed by atoms with Crippen LogP contribution in [0, 0.1) is 0 Å². The van der Waals surface area contributed by atoms with Gasteiger partial charge in [-0.2, -0.15) is 0 Å². The topological polar surface area (TPSA) is 50.9 Å². The van der Waals surface area contributed by atoms with Crippen molar-refractivity contribution in [3.8, 4) is 0 Å². The Hall–Kier alpha value is -1.68. The fourth-order valence-corrected chi connectivity index (χ4v) is 1.71. The first kappa shape index (κ1) is 11.8. The van der Waals surface area contributed by atoms with Crippen LogP contribution in [0.1, 0.15) is 17.7 Å². The Morgan fingerprint density at radius 2 is 1.94 bits per heavy atom. The van der Waals surface area contributed by atoms with Gasteiger partial charge in [-0.05, 0) is 24.8 Å². The lowest BCUT2D eigenvalue weighted by molar-refractivity contribution is 0.288. The Morgan fingerprint density at radius 3 is 2.71 bits per heavy atom. The number of aliphatic hydroxyl groups is 1. The lowest BCUT2D eigenvalue weighted by Crippen LogP contribution is -2.01. The fraction of sp³-hybridized carbons (Fsp3) is 0.385. The van der Waals surface area contributed by atoms with Crippen molar-refractivity contribution in [2.45, 2.75) is 25.8 Å². The number of hydrogen-bond acceptors (Lipinski definition) is 3. The van der Waals surface area contributed by atoms with Crippen LogP contribution < -0.4 is 0 Å². The molecule has 4 nitrogen and oxygen atoms in total. The first-order valence-electron chi connectivity index (χ1n) is 5.92. The Kier molecular flexibility index (Phi) is 4.27. The molecule has 2 aromatic rings. The van der Waals surface area contributed by atoms with Crippen molar-refractivity contribution in [3.05, 3.63) is 47.8 Å². The standard InChI is InChI=1S/C13H17N3O/c17-10-4-7-13-11-16(15-14-13)9-8-12-5-2-1-3-6-12/h1-3,5-6,11,17H,4,7-10H2. The Bertz CT molecular complexity index is 439. The van der Waals surface area contributed by atoms with E-state index in [2.05, 4.69) is 22.4 Å². The van der Waals surface area contributed by atoms with Gasteiger partial charge in [-0.15, -0.1) is 5.10 Å². The Balaban J connectivity index is 1.85. The first-order chi connectivity index (χ1) is 8.38. The summed E-state index contributed by atoms with van der Waals surface area (Å²) in [7, 11) is 0. The van der Waals surface area contributed by atoms with Gasteiger partial charge >= 0.3 is 0 Å². The molecule has 0 atom stereocenters. The van der Waals surface area contributed by atoms with Gasteiger partial charge in [0.05, 0.1) is 5.69 Å². The predicted molar refractivity (Wildman–Crippen MR) is 65.6 cm³/mol. The summed E-state index contributed by atoms with van der Waals surface area (Å²) in [5.74, 6) is 0. The molecule has 0 amide bonds. The molecule has 1 heterocycles. The molecular weight excluding hydrogens is 214 g/mol. The van der Waals surface area contributed by atoms with Gasteiger partial charge in [0, 0.05) is 19.3 Å². The summed E-state index contributed by atoms with van der Waals surface area (Å²) in [4.78, 5) is 0. The highest BCUT2D eigenvalue weighted by atomic mass is 16.2. The highest BCUT2D eigenvalue weighted by Gasteiger charge is 2.00. The molecule has 0 aliphatic carbocycles. The molecule has 0 aliphatic heterocycles. The highest BCUT2D eigenvalue weighted by molar-refractivity contribution is 5.14. The van der Waals surface area contributed by atoms with E-state index >= 15 is 0 Å². The Labute approximate surface area is 101 Å². The molecule has 2 rings (SSSR count). The average Bonchev–Trinajstić information content (AvgIpc) is 2.83. The summed E-state index contributed by atoms with van der Waals surface area (Å²) in [6, 6.07) is 10.3. The van der Waals surface area contributed by atoms with Crippen LogP contribution in [-0.2, 0) is 19.4 Å². The number of rotatable bonds is 6. The summed E-state index contributed by atoms with van der Waals surface area (Å²) in [6.07, 6.45) is 4.46. The molecule has 0 fully saturated rings. The van der Waals surface area contributed by atoms with Gasteiger partial charge in [0.1, 0.15) is 0 Å². The predicted octanol–water partition coefficient (Wildman–Crippen LogP) is 1.45. The number of aliphatic hydroxyl groups excluding tert-OH is 1. The molecule has 0 unspecified atom stereocenters. The zero-order chi connectivity index (χ0) is 11.9. The van der Waals surface area contributed by atoms with Gasteiger partial charge in [0.15, 0.2) is 0 Å². The van der Waals surface area contributed by atoms with E-state index in [1.165, 1.54) is 5.56 Å².